The van der Waals surface area contributed by atoms with Crippen molar-refractivity contribution < 1.29 is 58.3 Å². The van der Waals surface area contributed by atoms with Crippen LogP contribution < -0.4 is 26.9 Å². The van der Waals surface area contributed by atoms with E-state index in [1.54, 1.807) is 24.3 Å². The fraction of sp³-hybridized carbons (Fsp3) is 0.419. The predicted molar refractivity (Wildman–Crippen MR) is 172 cm³/mol. The number of carboxylic acids is 2. The lowest BCUT2D eigenvalue weighted by Crippen LogP contribution is -2.51. The Balaban J connectivity index is 1.27. The Hall–Kier alpha value is -4.77. The largest absolute Gasteiger partial charge is 0.491 e. The number of hydrogen-bond acceptors (Lipinski definition) is 10. The second-order valence-electron chi connectivity index (χ2n) is 12.1. The molecule has 18 heteroatoms. The molecule has 0 bridgehead atoms. The Morgan fingerprint density at radius 2 is 1.29 bits per heavy atom. The monoisotopic (exact) mass is 678 g/mol. The second kappa shape index (κ2) is 15.6. The zero-order valence-electron chi connectivity index (χ0n) is 26.4. The highest BCUT2D eigenvalue weighted by Crippen LogP contribution is 2.17. The number of nitrogens with one attached hydrogen (secondary N) is 3. The SMILES string of the molecule is O=C(O)CCC(NC(=O)CCC(=O)N1CC(NC(=O)c2ccc3c(c2)B(O)OCC3)C(NC(=O)c2ccc3c(c2)B(O)OCC3)C1)C(=O)O. The molecule has 3 unspecified atom stereocenters. The number of carbonyl (C=O) groups excluding carboxylic acids is 4. The van der Waals surface area contributed by atoms with Gasteiger partial charge in [-0.25, -0.2) is 4.79 Å². The third-order valence-corrected chi connectivity index (χ3v) is 8.79. The van der Waals surface area contributed by atoms with Crippen LogP contribution in [-0.2, 0) is 41.3 Å². The van der Waals surface area contributed by atoms with Gasteiger partial charge in [0, 0.05) is 56.7 Å². The van der Waals surface area contributed by atoms with Gasteiger partial charge in [-0.15, -0.1) is 0 Å². The van der Waals surface area contributed by atoms with Crippen molar-refractivity contribution in [2.24, 2.45) is 0 Å². The van der Waals surface area contributed by atoms with Crippen molar-refractivity contribution in [2.75, 3.05) is 26.3 Å². The van der Waals surface area contributed by atoms with E-state index in [1.165, 1.54) is 17.0 Å². The molecule has 0 aliphatic carbocycles. The second-order valence-corrected chi connectivity index (χ2v) is 12.1. The number of aliphatic carboxylic acids is 2. The lowest BCUT2D eigenvalue weighted by Gasteiger charge is -2.23. The molecule has 2 aromatic rings. The van der Waals surface area contributed by atoms with Crippen LogP contribution in [-0.4, -0.2) is 119 Å². The van der Waals surface area contributed by atoms with Gasteiger partial charge in [-0.2, -0.15) is 0 Å². The molecule has 258 valence electrons. The Kier molecular flexibility index (Phi) is 11.3. The number of carbonyl (C=O) groups is 6. The molecule has 0 radical (unpaired) electrons. The van der Waals surface area contributed by atoms with Gasteiger partial charge < -0.3 is 50.4 Å². The van der Waals surface area contributed by atoms with E-state index in [2.05, 4.69) is 16.0 Å². The minimum absolute atomic E-state index is 0.0269. The summed E-state index contributed by atoms with van der Waals surface area (Å²) in [5.74, 6) is -4.91. The fourth-order valence-electron chi connectivity index (χ4n) is 6.10. The molecular weight excluding hydrogens is 642 g/mol. The lowest BCUT2D eigenvalue weighted by atomic mass is 9.73. The molecular formula is C31H36B2N4O12. The summed E-state index contributed by atoms with van der Waals surface area (Å²) in [5, 5.41) is 46.6. The van der Waals surface area contributed by atoms with E-state index in [4.69, 9.17) is 14.4 Å². The molecule has 3 heterocycles. The van der Waals surface area contributed by atoms with Crippen LogP contribution in [0, 0.1) is 0 Å². The summed E-state index contributed by atoms with van der Waals surface area (Å²) in [5.41, 5.74) is 3.09. The van der Waals surface area contributed by atoms with Crippen molar-refractivity contribution in [1.29, 1.82) is 0 Å². The van der Waals surface area contributed by atoms with Crippen molar-refractivity contribution in [3.05, 3.63) is 58.7 Å². The highest BCUT2D eigenvalue weighted by molar-refractivity contribution is 6.61. The number of likely N-dealkylation sites (tertiary alicyclic amines) is 1. The maximum atomic E-state index is 13.4. The summed E-state index contributed by atoms with van der Waals surface area (Å²) in [6, 6.07) is 6.76. The Bertz CT molecular complexity index is 1560. The molecule has 5 rings (SSSR count). The molecule has 3 aliphatic heterocycles. The lowest BCUT2D eigenvalue weighted by molar-refractivity contribution is -0.143. The van der Waals surface area contributed by atoms with Crippen LogP contribution in [0.1, 0.15) is 57.5 Å². The molecule has 0 spiro atoms. The van der Waals surface area contributed by atoms with E-state index < -0.39 is 74.4 Å². The van der Waals surface area contributed by atoms with Crippen LogP contribution in [0.15, 0.2) is 36.4 Å². The number of hydrogen-bond donors (Lipinski definition) is 7. The van der Waals surface area contributed by atoms with Gasteiger partial charge >= 0.3 is 26.2 Å². The number of rotatable bonds is 12. The summed E-state index contributed by atoms with van der Waals surface area (Å²) >= 11 is 0. The predicted octanol–water partition coefficient (Wildman–Crippen LogP) is -2.84. The first-order chi connectivity index (χ1) is 23.4. The Morgan fingerprint density at radius 3 is 1.76 bits per heavy atom. The van der Waals surface area contributed by atoms with Crippen LogP contribution in [0.2, 0.25) is 0 Å². The molecule has 2 aromatic carbocycles. The van der Waals surface area contributed by atoms with E-state index in [0.29, 0.717) is 37.0 Å². The van der Waals surface area contributed by atoms with Crippen molar-refractivity contribution in [3.8, 4) is 0 Å². The maximum absolute atomic E-state index is 13.4. The molecule has 3 atom stereocenters. The van der Waals surface area contributed by atoms with Gasteiger partial charge in [0.25, 0.3) is 11.8 Å². The topological polar surface area (TPSA) is 241 Å². The fourth-order valence-corrected chi connectivity index (χ4v) is 6.10. The number of fused-ring (bicyclic) bond motifs is 2. The quantitative estimate of drug-likeness (QED) is 0.112. The van der Waals surface area contributed by atoms with E-state index in [1.807, 2.05) is 0 Å². The molecule has 16 nitrogen and oxygen atoms in total. The first kappa shape index (κ1) is 35.5. The Labute approximate surface area is 281 Å². The number of carboxylic acid groups (broad SMARTS) is 2. The molecule has 1 saturated heterocycles. The molecule has 3 aliphatic rings. The van der Waals surface area contributed by atoms with Gasteiger partial charge in [0.05, 0.1) is 12.1 Å². The summed E-state index contributed by atoms with van der Waals surface area (Å²) in [6.45, 7) is 0.632. The number of nitrogens with zero attached hydrogens (tertiary/aromatic N) is 1. The van der Waals surface area contributed by atoms with E-state index in [-0.39, 0.29) is 43.5 Å². The highest BCUT2D eigenvalue weighted by Gasteiger charge is 2.38. The Morgan fingerprint density at radius 1 is 0.776 bits per heavy atom. The summed E-state index contributed by atoms with van der Waals surface area (Å²) in [4.78, 5) is 76.1. The summed E-state index contributed by atoms with van der Waals surface area (Å²) in [7, 11) is -2.35. The molecule has 49 heavy (non-hydrogen) atoms. The van der Waals surface area contributed by atoms with Crippen LogP contribution in [0.3, 0.4) is 0 Å². The molecule has 1 fully saturated rings. The molecule has 0 saturated carbocycles. The molecule has 0 aromatic heterocycles. The van der Waals surface area contributed by atoms with Crippen molar-refractivity contribution >= 4 is 60.7 Å². The van der Waals surface area contributed by atoms with Gasteiger partial charge in [0.2, 0.25) is 11.8 Å². The third kappa shape index (κ3) is 8.83. The minimum atomic E-state index is -1.43. The average molecular weight is 678 g/mol. The minimum Gasteiger partial charge on any atom is -0.481 e. The van der Waals surface area contributed by atoms with Crippen molar-refractivity contribution in [2.45, 2.75) is 56.7 Å². The first-order valence-corrected chi connectivity index (χ1v) is 15.9. The van der Waals surface area contributed by atoms with Crippen LogP contribution in [0.4, 0.5) is 0 Å². The van der Waals surface area contributed by atoms with Gasteiger partial charge in [-0.1, -0.05) is 12.1 Å². The van der Waals surface area contributed by atoms with E-state index in [9.17, 15) is 43.9 Å². The van der Waals surface area contributed by atoms with Crippen molar-refractivity contribution in [1.82, 2.24) is 20.9 Å². The maximum Gasteiger partial charge on any atom is 0.491 e. The number of benzene rings is 2. The van der Waals surface area contributed by atoms with Crippen LogP contribution in [0.5, 0.6) is 0 Å². The smallest absolute Gasteiger partial charge is 0.481 e. The molecule has 7 N–H and O–H groups in total. The van der Waals surface area contributed by atoms with Gasteiger partial charge in [0.1, 0.15) is 6.04 Å². The van der Waals surface area contributed by atoms with Crippen LogP contribution in [0.25, 0.3) is 0 Å². The molecule has 4 amide bonds. The number of amides is 4. The first-order valence-electron chi connectivity index (χ1n) is 15.9. The third-order valence-electron chi connectivity index (χ3n) is 8.79. The summed E-state index contributed by atoms with van der Waals surface area (Å²) in [6.07, 6.45) is -0.338. The van der Waals surface area contributed by atoms with Crippen LogP contribution >= 0.6 is 0 Å². The zero-order valence-corrected chi connectivity index (χ0v) is 26.4. The summed E-state index contributed by atoms with van der Waals surface area (Å²) < 4.78 is 10.6. The van der Waals surface area contributed by atoms with E-state index >= 15 is 0 Å². The average Bonchev–Trinajstić information content (AvgIpc) is 3.47. The van der Waals surface area contributed by atoms with Gasteiger partial charge in [0.15, 0.2) is 0 Å². The normalized spacial score (nSPS) is 18.9. The van der Waals surface area contributed by atoms with Gasteiger partial charge in [-0.05, 0) is 65.6 Å². The highest BCUT2D eigenvalue weighted by atomic mass is 16.5. The van der Waals surface area contributed by atoms with Crippen molar-refractivity contribution in [3.63, 3.8) is 0 Å². The van der Waals surface area contributed by atoms with E-state index in [0.717, 1.165) is 11.1 Å². The zero-order chi connectivity index (χ0) is 35.2. The van der Waals surface area contributed by atoms with Gasteiger partial charge in [-0.3, -0.25) is 24.0 Å². The standard InChI is InChI=1S/C31H36B2N4O12/c38-26(34-23(31(44)45)5-8-28(40)41)6-7-27(39)37-15-24(35-29(42)19-3-1-17-9-11-48-32(46)21(17)13-19)25(16-37)36-30(43)20-4-2-18-10-12-49-33(47)22(18)14-20/h1-4,13-14,23-25,46-47H,5-12,15-16H2,(H,34,38)(H,35,42)(H,36,43)(H,40,41)(H,44,45).